The summed E-state index contributed by atoms with van der Waals surface area (Å²) in [5.74, 6) is 1.20. The van der Waals surface area contributed by atoms with Crippen LogP contribution < -0.4 is 20.0 Å². The number of carbonyl (C=O) groups excluding carboxylic acids is 2. The van der Waals surface area contributed by atoms with Gasteiger partial charge >= 0.3 is 12.2 Å². The van der Waals surface area contributed by atoms with E-state index in [0.717, 1.165) is 77.2 Å². The van der Waals surface area contributed by atoms with E-state index in [1.165, 1.54) is 64.6 Å². The van der Waals surface area contributed by atoms with Crippen LogP contribution in [0.4, 0.5) is 32.6 Å². The summed E-state index contributed by atoms with van der Waals surface area (Å²) in [5.41, 5.74) is 8.27. The van der Waals surface area contributed by atoms with Gasteiger partial charge in [-0.2, -0.15) is 0 Å². The van der Waals surface area contributed by atoms with Crippen molar-refractivity contribution in [3.63, 3.8) is 0 Å². The molecule has 2 saturated heterocycles. The monoisotopic (exact) mass is 914 g/mol. The van der Waals surface area contributed by atoms with Crippen LogP contribution in [0, 0.1) is 0 Å². The number of anilines is 4. The second kappa shape index (κ2) is 19.6. The number of nitrogens with zero attached hydrogens (tertiary/aromatic N) is 8. The number of amides is 1. The van der Waals surface area contributed by atoms with E-state index in [0.29, 0.717) is 16.9 Å². The number of carbonyl (C=O) groups is 2. The van der Waals surface area contributed by atoms with Crippen molar-refractivity contribution in [2.45, 2.75) is 104 Å². The summed E-state index contributed by atoms with van der Waals surface area (Å²) < 4.78 is 12.8. The minimum Gasteiger partial charge on any atom is -0.443 e. The van der Waals surface area contributed by atoms with Gasteiger partial charge in [-0.15, -0.1) is 0 Å². The minimum atomic E-state index is -0.698. The fourth-order valence-corrected chi connectivity index (χ4v) is 8.78. The van der Waals surface area contributed by atoms with E-state index in [1.807, 2.05) is 90.3 Å². The molecule has 10 rings (SSSR count). The molecule has 1 amide bonds. The van der Waals surface area contributed by atoms with Crippen LogP contribution in [0.3, 0.4) is 0 Å². The predicted molar refractivity (Wildman–Crippen MR) is 273 cm³/mol. The number of aromatic nitrogens is 6. The molecule has 2 aliphatic rings. The number of benzene rings is 4. The van der Waals surface area contributed by atoms with Crippen LogP contribution >= 0.6 is 0 Å². The summed E-state index contributed by atoms with van der Waals surface area (Å²) in [4.78, 5) is 54.8. The Morgan fingerprint density at radius 2 is 1.26 bits per heavy atom. The molecule has 14 nitrogen and oxygen atoms in total. The van der Waals surface area contributed by atoms with Gasteiger partial charge in [-0.05, 0) is 157 Å². The molecule has 2 aliphatic heterocycles. The Morgan fingerprint density at radius 1 is 0.647 bits per heavy atom. The Bertz CT molecular complexity index is 3060. The van der Waals surface area contributed by atoms with Crippen molar-refractivity contribution >= 4 is 79.1 Å². The van der Waals surface area contributed by atoms with Gasteiger partial charge < -0.3 is 29.6 Å². The Kier molecular flexibility index (Phi) is 13.2. The summed E-state index contributed by atoms with van der Waals surface area (Å²) in [7, 11) is 0. The topological polar surface area (TPSA) is 147 Å². The zero-order valence-electron chi connectivity index (χ0n) is 40.1. The fourth-order valence-electron chi connectivity index (χ4n) is 8.78. The molecule has 0 aliphatic carbocycles. The van der Waals surface area contributed by atoms with Crippen molar-refractivity contribution in [2.75, 3.05) is 46.2 Å². The molecule has 68 heavy (non-hydrogen) atoms. The average Bonchev–Trinajstić information content (AvgIpc) is 3.99. The molecule has 4 aromatic carbocycles. The van der Waals surface area contributed by atoms with Crippen molar-refractivity contribution in [1.82, 2.24) is 29.5 Å². The summed E-state index contributed by atoms with van der Waals surface area (Å²) in [6, 6.07) is 28.7. The van der Waals surface area contributed by atoms with Crippen LogP contribution in [-0.2, 0) is 22.6 Å². The van der Waals surface area contributed by atoms with E-state index in [4.69, 9.17) is 19.4 Å². The van der Waals surface area contributed by atoms with Gasteiger partial charge in [0.25, 0.3) is 0 Å². The Labute approximate surface area is 397 Å². The molecule has 0 bridgehead atoms. The minimum absolute atomic E-state index is 0.177. The average molecular weight is 915 g/mol. The third-order valence-corrected chi connectivity index (χ3v) is 12.2. The maximum Gasteiger partial charge on any atom is 0.418 e. The second-order valence-electron chi connectivity index (χ2n) is 19.8. The highest BCUT2D eigenvalue weighted by Gasteiger charge is 2.26. The lowest BCUT2D eigenvalue weighted by molar-refractivity contribution is 0.0540. The van der Waals surface area contributed by atoms with E-state index in [9.17, 15) is 9.59 Å². The number of aromatic amines is 1. The first kappa shape index (κ1) is 45.9. The maximum absolute atomic E-state index is 13.5. The highest BCUT2D eigenvalue weighted by molar-refractivity contribution is 5.92. The van der Waals surface area contributed by atoms with Crippen LogP contribution in [0.15, 0.2) is 110 Å². The SMILES string of the molecule is CC(C)(C)OC(=O)N(Cc1ccc2ccn(C(=O)OC(C)(C)C)c2c1)c1cnc2ccc(N3CCCCC3)cc2n1.c1cc2ccc(CNc3cnc4ccc(N5CCCCC5)cc4n3)cc2[nH]1. The van der Waals surface area contributed by atoms with Crippen LogP contribution in [0.1, 0.15) is 91.2 Å². The number of rotatable bonds is 8. The number of nitrogens with one attached hydrogen (secondary N) is 2. The highest BCUT2D eigenvalue weighted by atomic mass is 16.6. The van der Waals surface area contributed by atoms with E-state index < -0.39 is 23.4 Å². The molecule has 2 fully saturated rings. The zero-order valence-corrected chi connectivity index (χ0v) is 40.1. The maximum atomic E-state index is 13.5. The highest BCUT2D eigenvalue weighted by Crippen LogP contribution is 2.29. The van der Waals surface area contributed by atoms with Gasteiger partial charge in [0.2, 0.25) is 0 Å². The summed E-state index contributed by atoms with van der Waals surface area (Å²) in [5, 5.41) is 5.53. The van der Waals surface area contributed by atoms with Gasteiger partial charge in [0.1, 0.15) is 17.0 Å². The number of hydrogen-bond donors (Lipinski definition) is 2. The third-order valence-electron chi connectivity index (χ3n) is 12.2. The van der Waals surface area contributed by atoms with Crippen LogP contribution in [0.2, 0.25) is 0 Å². The fraction of sp³-hybridized carbons (Fsp3) is 0.370. The number of H-pyrrole nitrogens is 1. The Balaban J connectivity index is 0.000000184. The van der Waals surface area contributed by atoms with Crippen molar-refractivity contribution in [3.8, 4) is 0 Å². The van der Waals surface area contributed by atoms with Gasteiger partial charge in [0.05, 0.1) is 46.5 Å². The lowest BCUT2D eigenvalue weighted by Crippen LogP contribution is -2.37. The molecular formula is C54H62N10O4. The van der Waals surface area contributed by atoms with Crippen molar-refractivity contribution < 1.29 is 19.1 Å². The molecule has 2 N–H and O–H groups in total. The molecule has 352 valence electrons. The first-order valence-corrected chi connectivity index (χ1v) is 23.9. The molecule has 4 aromatic heterocycles. The first-order chi connectivity index (χ1) is 32.7. The zero-order chi connectivity index (χ0) is 47.4. The predicted octanol–water partition coefficient (Wildman–Crippen LogP) is 12.0. The molecular weight excluding hydrogens is 853 g/mol. The Morgan fingerprint density at radius 3 is 1.93 bits per heavy atom. The number of hydrogen-bond acceptors (Lipinski definition) is 11. The standard InChI is InChI=1S/C32H39N5O4.C22H23N5/c1-31(2,3)40-29(38)36-17-14-23-11-10-22(18-27(23)36)21-37(30(39)41-32(4,5)6)28-20-33-25-13-12-24(19-26(25)34-28)35-15-8-7-9-16-35;1-2-10-27(11-3-1)18-6-7-19-21(13-18)26-22(15-24-19)25-14-16-4-5-17-8-9-23-20(17)12-16/h10-14,17-20H,7-9,15-16,21H2,1-6H3;4-9,12-13,15,23H,1-3,10-11,14H2,(H,25,26). The van der Waals surface area contributed by atoms with Gasteiger partial charge in [-0.3, -0.25) is 19.4 Å². The molecule has 0 unspecified atom stereocenters. The summed E-state index contributed by atoms with van der Waals surface area (Å²) >= 11 is 0. The smallest absolute Gasteiger partial charge is 0.418 e. The third kappa shape index (κ3) is 11.1. The molecule has 14 heteroatoms. The first-order valence-electron chi connectivity index (χ1n) is 23.9. The largest absolute Gasteiger partial charge is 0.443 e. The summed E-state index contributed by atoms with van der Waals surface area (Å²) in [6.45, 7) is 16.2. The Hall–Kier alpha value is -7.22. The lowest BCUT2D eigenvalue weighted by atomic mass is 10.1. The van der Waals surface area contributed by atoms with Gasteiger partial charge in [0.15, 0.2) is 5.82 Å². The van der Waals surface area contributed by atoms with Crippen molar-refractivity contribution in [1.29, 1.82) is 0 Å². The molecule has 6 heterocycles. The summed E-state index contributed by atoms with van der Waals surface area (Å²) in [6.07, 6.45) is 13.6. The van der Waals surface area contributed by atoms with E-state index in [1.54, 1.807) is 12.4 Å². The molecule has 8 aromatic rings. The van der Waals surface area contributed by atoms with Crippen LogP contribution in [-0.4, -0.2) is 79.1 Å². The van der Waals surface area contributed by atoms with Crippen LogP contribution in [0.5, 0.6) is 0 Å². The molecule has 0 spiro atoms. The number of ether oxygens (including phenoxy) is 2. The van der Waals surface area contributed by atoms with E-state index in [-0.39, 0.29) is 6.54 Å². The van der Waals surface area contributed by atoms with Gasteiger partial charge in [-0.25, -0.2) is 19.6 Å². The second-order valence-corrected chi connectivity index (χ2v) is 19.8. The van der Waals surface area contributed by atoms with Crippen molar-refractivity contribution in [3.05, 3.63) is 121 Å². The number of piperidine rings is 2. The molecule has 0 radical (unpaired) electrons. The van der Waals surface area contributed by atoms with Crippen LogP contribution in [0.25, 0.3) is 43.9 Å². The van der Waals surface area contributed by atoms with Gasteiger partial charge in [0, 0.05) is 67.4 Å². The normalized spacial score (nSPS) is 14.5. The van der Waals surface area contributed by atoms with E-state index >= 15 is 0 Å². The van der Waals surface area contributed by atoms with E-state index in [2.05, 4.69) is 78.6 Å². The van der Waals surface area contributed by atoms with Gasteiger partial charge in [-0.1, -0.05) is 24.3 Å². The molecule has 0 atom stereocenters. The molecule has 0 saturated carbocycles. The quantitative estimate of drug-likeness (QED) is 0.150. The van der Waals surface area contributed by atoms with Crippen molar-refractivity contribution in [2.24, 2.45) is 0 Å². The lowest BCUT2D eigenvalue weighted by Gasteiger charge is -2.29. The number of fused-ring (bicyclic) bond motifs is 4.